The number of aryl methyl sites for hydroxylation is 1. The van der Waals surface area contributed by atoms with E-state index in [0.717, 1.165) is 39.4 Å². The highest BCUT2D eigenvalue weighted by atomic mass is 32.1. The first-order valence-electron chi connectivity index (χ1n) is 8.95. The zero-order chi connectivity index (χ0) is 17.1. The standard InChI is InChI=1S/C20H25N3OS/c1-15-5-6-20(25-15)19(23-9-11-24-12-10-23)14-21-13-16-3-2-4-18-17(16)7-8-22-18/h2-8,19,21-22H,9-14H2,1H3. The first-order valence-corrected chi connectivity index (χ1v) is 9.77. The molecule has 1 unspecified atom stereocenters. The number of aromatic amines is 1. The predicted octanol–water partition coefficient (Wildman–Crippen LogP) is 3.70. The molecule has 2 N–H and O–H groups in total. The van der Waals surface area contributed by atoms with Crippen LogP contribution in [0.1, 0.15) is 21.4 Å². The van der Waals surface area contributed by atoms with Gasteiger partial charge in [0, 0.05) is 53.0 Å². The van der Waals surface area contributed by atoms with Crippen LogP contribution in [0.25, 0.3) is 10.9 Å². The van der Waals surface area contributed by atoms with Crippen LogP contribution in [-0.2, 0) is 11.3 Å². The van der Waals surface area contributed by atoms with Gasteiger partial charge < -0.3 is 15.0 Å². The van der Waals surface area contributed by atoms with Crippen LogP contribution in [0.5, 0.6) is 0 Å². The Bertz CT molecular complexity index is 819. The van der Waals surface area contributed by atoms with Gasteiger partial charge in [-0.3, -0.25) is 4.90 Å². The van der Waals surface area contributed by atoms with E-state index in [0.29, 0.717) is 6.04 Å². The van der Waals surface area contributed by atoms with Crippen LogP contribution < -0.4 is 5.32 Å². The molecule has 4 rings (SSSR count). The monoisotopic (exact) mass is 355 g/mol. The number of hydrogen-bond acceptors (Lipinski definition) is 4. The van der Waals surface area contributed by atoms with Gasteiger partial charge in [0.05, 0.1) is 19.3 Å². The lowest BCUT2D eigenvalue weighted by Gasteiger charge is -2.34. The number of aromatic nitrogens is 1. The van der Waals surface area contributed by atoms with Crippen LogP contribution in [0.4, 0.5) is 0 Å². The maximum atomic E-state index is 5.54. The van der Waals surface area contributed by atoms with E-state index in [9.17, 15) is 0 Å². The van der Waals surface area contributed by atoms with Crippen molar-refractivity contribution in [3.05, 3.63) is 57.9 Å². The fourth-order valence-corrected chi connectivity index (χ4v) is 4.59. The van der Waals surface area contributed by atoms with Crippen molar-refractivity contribution in [3.63, 3.8) is 0 Å². The zero-order valence-electron chi connectivity index (χ0n) is 14.6. The summed E-state index contributed by atoms with van der Waals surface area (Å²) in [5.74, 6) is 0. The van der Waals surface area contributed by atoms with Gasteiger partial charge in [-0.25, -0.2) is 0 Å². The first kappa shape index (κ1) is 16.8. The molecule has 132 valence electrons. The summed E-state index contributed by atoms with van der Waals surface area (Å²) in [5, 5.41) is 5.01. The van der Waals surface area contributed by atoms with Crippen LogP contribution in [-0.4, -0.2) is 42.7 Å². The molecular formula is C20H25N3OS. The Morgan fingerprint density at radius 1 is 1.20 bits per heavy atom. The normalized spacial score (nSPS) is 17.2. The molecule has 0 bridgehead atoms. The maximum Gasteiger partial charge on any atom is 0.0594 e. The van der Waals surface area contributed by atoms with Crippen molar-refractivity contribution in [2.45, 2.75) is 19.5 Å². The molecule has 5 heteroatoms. The van der Waals surface area contributed by atoms with Crippen molar-refractivity contribution in [2.75, 3.05) is 32.8 Å². The number of morpholine rings is 1. The van der Waals surface area contributed by atoms with Gasteiger partial charge in [0.1, 0.15) is 0 Å². The number of H-pyrrole nitrogens is 1. The second kappa shape index (κ2) is 7.70. The van der Waals surface area contributed by atoms with E-state index in [4.69, 9.17) is 4.74 Å². The molecule has 0 saturated carbocycles. The molecule has 3 heterocycles. The van der Waals surface area contributed by atoms with Crippen molar-refractivity contribution < 1.29 is 4.74 Å². The van der Waals surface area contributed by atoms with Crippen LogP contribution in [0.15, 0.2) is 42.6 Å². The second-order valence-electron chi connectivity index (χ2n) is 6.60. The molecule has 1 atom stereocenters. The lowest BCUT2D eigenvalue weighted by molar-refractivity contribution is 0.0168. The Hall–Kier alpha value is -1.66. The average Bonchev–Trinajstić information content (AvgIpc) is 3.29. The molecule has 2 aromatic heterocycles. The summed E-state index contributed by atoms with van der Waals surface area (Å²) in [6, 6.07) is 13.6. The van der Waals surface area contributed by atoms with Gasteiger partial charge in [-0.1, -0.05) is 12.1 Å². The Kier molecular flexibility index (Phi) is 5.17. The van der Waals surface area contributed by atoms with Crippen molar-refractivity contribution in [1.82, 2.24) is 15.2 Å². The molecule has 3 aromatic rings. The quantitative estimate of drug-likeness (QED) is 0.708. The van der Waals surface area contributed by atoms with Crippen LogP contribution in [0.2, 0.25) is 0 Å². The minimum absolute atomic E-state index is 0.424. The highest BCUT2D eigenvalue weighted by molar-refractivity contribution is 7.12. The molecule has 1 aromatic carbocycles. The molecule has 1 aliphatic heterocycles. The van der Waals surface area contributed by atoms with Crippen molar-refractivity contribution in [1.29, 1.82) is 0 Å². The minimum Gasteiger partial charge on any atom is -0.379 e. The number of nitrogens with zero attached hydrogens (tertiary/aromatic N) is 1. The summed E-state index contributed by atoms with van der Waals surface area (Å²) < 4.78 is 5.54. The molecular weight excluding hydrogens is 330 g/mol. The number of ether oxygens (including phenoxy) is 1. The largest absolute Gasteiger partial charge is 0.379 e. The fourth-order valence-electron chi connectivity index (χ4n) is 3.58. The summed E-state index contributed by atoms with van der Waals surface area (Å²) in [4.78, 5) is 8.68. The van der Waals surface area contributed by atoms with Crippen molar-refractivity contribution >= 4 is 22.2 Å². The van der Waals surface area contributed by atoms with Crippen molar-refractivity contribution in [3.8, 4) is 0 Å². The van der Waals surface area contributed by atoms with Crippen LogP contribution in [0.3, 0.4) is 0 Å². The summed E-state index contributed by atoms with van der Waals surface area (Å²) >= 11 is 1.91. The Morgan fingerprint density at radius 2 is 2.08 bits per heavy atom. The highest BCUT2D eigenvalue weighted by Gasteiger charge is 2.23. The van der Waals surface area contributed by atoms with Gasteiger partial charge in [0.15, 0.2) is 0 Å². The Labute approximate surface area is 152 Å². The van der Waals surface area contributed by atoms with Crippen molar-refractivity contribution in [2.24, 2.45) is 0 Å². The van der Waals surface area contributed by atoms with E-state index in [1.165, 1.54) is 26.2 Å². The van der Waals surface area contributed by atoms with Gasteiger partial charge in [0.2, 0.25) is 0 Å². The third kappa shape index (κ3) is 3.80. The lowest BCUT2D eigenvalue weighted by Crippen LogP contribution is -2.42. The summed E-state index contributed by atoms with van der Waals surface area (Å²) in [6.45, 7) is 7.73. The van der Waals surface area contributed by atoms with E-state index in [1.54, 1.807) is 0 Å². The maximum absolute atomic E-state index is 5.54. The average molecular weight is 356 g/mol. The number of benzene rings is 1. The number of fused-ring (bicyclic) bond motifs is 1. The molecule has 0 spiro atoms. The number of thiophene rings is 1. The van der Waals surface area contributed by atoms with E-state index >= 15 is 0 Å². The van der Waals surface area contributed by atoms with E-state index < -0.39 is 0 Å². The fraction of sp³-hybridized carbons (Fsp3) is 0.400. The van der Waals surface area contributed by atoms with Gasteiger partial charge in [-0.2, -0.15) is 0 Å². The van der Waals surface area contributed by atoms with Gasteiger partial charge in [-0.05, 0) is 36.8 Å². The topological polar surface area (TPSA) is 40.3 Å². The Morgan fingerprint density at radius 3 is 2.88 bits per heavy atom. The number of rotatable bonds is 6. The summed E-state index contributed by atoms with van der Waals surface area (Å²) in [5.41, 5.74) is 2.56. The SMILES string of the molecule is Cc1ccc(C(CNCc2cccc3[nH]ccc23)N2CCOCC2)s1. The summed E-state index contributed by atoms with van der Waals surface area (Å²) in [7, 11) is 0. The molecule has 1 fully saturated rings. The summed E-state index contributed by atoms with van der Waals surface area (Å²) in [6.07, 6.45) is 2.01. The van der Waals surface area contributed by atoms with Crippen LogP contribution in [0, 0.1) is 6.92 Å². The molecule has 25 heavy (non-hydrogen) atoms. The predicted molar refractivity (Wildman–Crippen MR) is 104 cm³/mol. The third-order valence-electron chi connectivity index (χ3n) is 4.91. The van der Waals surface area contributed by atoms with Gasteiger partial charge in [0.25, 0.3) is 0 Å². The smallest absolute Gasteiger partial charge is 0.0594 e. The molecule has 0 amide bonds. The Balaban J connectivity index is 1.46. The molecule has 4 nitrogen and oxygen atoms in total. The third-order valence-corrected chi connectivity index (χ3v) is 6.02. The van der Waals surface area contributed by atoms with E-state index in [-0.39, 0.29) is 0 Å². The van der Waals surface area contributed by atoms with Gasteiger partial charge >= 0.3 is 0 Å². The zero-order valence-corrected chi connectivity index (χ0v) is 15.4. The number of nitrogens with one attached hydrogen (secondary N) is 2. The molecule has 0 radical (unpaired) electrons. The van der Waals surface area contributed by atoms with Gasteiger partial charge in [-0.15, -0.1) is 11.3 Å². The molecule has 1 saturated heterocycles. The molecule has 0 aliphatic carbocycles. The highest BCUT2D eigenvalue weighted by Crippen LogP contribution is 2.28. The molecule has 1 aliphatic rings. The van der Waals surface area contributed by atoms with E-state index in [2.05, 4.69) is 58.5 Å². The number of hydrogen-bond donors (Lipinski definition) is 2. The van der Waals surface area contributed by atoms with Crippen LogP contribution >= 0.6 is 11.3 Å². The lowest BCUT2D eigenvalue weighted by atomic mass is 10.1. The second-order valence-corrected chi connectivity index (χ2v) is 7.92. The van der Waals surface area contributed by atoms with E-state index in [1.807, 2.05) is 17.5 Å². The minimum atomic E-state index is 0.424. The first-order chi connectivity index (χ1) is 12.3.